The summed E-state index contributed by atoms with van der Waals surface area (Å²) in [4.78, 5) is 17.8. The molecular formula is C12H16N2OS. The van der Waals surface area contributed by atoms with Crippen molar-refractivity contribution in [3.8, 4) is 0 Å². The lowest BCUT2D eigenvalue weighted by atomic mass is 10.2. The highest BCUT2D eigenvalue weighted by molar-refractivity contribution is 8.00. The molecule has 1 aliphatic rings. The Morgan fingerprint density at radius 1 is 1.56 bits per heavy atom. The molecule has 16 heavy (non-hydrogen) atoms. The van der Waals surface area contributed by atoms with Gasteiger partial charge in [0.05, 0.1) is 0 Å². The van der Waals surface area contributed by atoms with E-state index in [0.717, 1.165) is 24.7 Å². The Bertz CT molecular complexity index is 377. The average Bonchev–Trinajstić information content (AvgIpc) is 2.29. The van der Waals surface area contributed by atoms with Crippen molar-refractivity contribution in [3.05, 3.63) is 23.9 Å². The van der Waals surface area contributed by atoms with E-state index in [1.165, 1.54) is 0 Å². The molecule has 1 unspecified atom stereocenters. The van der Waals surface area contributed by atoms with E-state index >= 15 is 0 Å². The van der Waals surface area contributed by atoms with Crippen LogP contribution in [-0.4, -0.2) is 34.9 Å². The summed E-state index contributed by atoms with van der Waals surface area (Å²) in [6, 6.07) is 3.80. The summed E-state index contributed by atoms with van der Waals surface area (Å²) in [6.45, 7) is 5.88. The van der Waals surface area contributed by atoms with Gasteiger partial charge in [0, 0.05) is 35.9 Å². The second-order valence-corrected chi connectivity index (χ2v) is 5.64. The summed E-state index contributed by atoms with van der Waals surface area (Å²) < 4.78 is 0. The molecule has 0 aliphatic carbocycles. The lowest BCUT2D eigenvalue weighted by molar-refractivity contribution is 0.101. The van der Waals surface area contributed by atoms with Crippen LogP contribution in [0.5, 0.6) is 0 Å². The van der Waals surface area contributed by atoms with Crippen LogP contribution >= 0.6 is 11.8 Å². The number of Topliss-reactive ketones (excluding diaryl/α,β-unsaturated/α-hetero) is 1. The van der Waals surface area contributed by atoms with E-state index in [-0.39, 0.29) is 5.78 Å². The standard InChI is InChI=1S/C12H16N2OS/c1-9-8-14(5-6-16-9)12-4-3-11(7-13-12)10(2)15/h3-4,7,9H,5-6,8H2,1-2H3. The number of anilines is 1. The minimum atomic E-state index is 0.0709. The van der Waals surface area contributed by atoms with Crippen LogP contribution in [0.2, 0.25) is 0 Å². The third kappa shape index (κ3) is 2.55. The Morgan fingerprint density at radius 2 is 2.38 bits per heavy atom. The topological polar surface area (TPSA) is 33.2 Å². The number of ketones is 1. The Labute approximate surface area is 100 Å². The molecule has 4 heteroatoms. The highest BCUT2D eigenvalue weighted by Gasteiger charge is 2.17. The van der Waals surface area contributed by atoms with Crippen molar-refractivity contribution in [2.75, 3.05) is 23.7 Å². The fourth-order valence-electron chi connectivity index (χ4n) is 1.81. The molecule has 1 aromatic rings. The van der Waals surface area contributed by atoms with Gasteiger partial charge in [-0.2, -0.15) is 11.8 Å². The molecule has 3 nitrogen and oxygen atoms in total. The highest BCUT2D eigenvalue weighted by atomic mass is 32.2. The number of carbonyl (C=O) groups excluding carboxylic acids is 1. The van der Waals surface area contributed by atoms with Crippen molar-refractivity contribution < 1.29 is 4.79 Å². The fourth-order valence-corrected chi connectivity index (χ4v) is 2.82. The first kappa shape index (κ1) is 11.5. The maximum absolute atomic E-state index is 11.1. The number of rotatable bonds is 2. The summed E-state index contributed by atoms with van der Waals surface area (Å²) in [7, 11) is 0. The largest absolute Gasteiger partial charge is 0.355 e. The Morgan fingerprint density at radius 3 is 2.94 bits per heavy atom. The lowest BCUT2D eigenvalue weighted by Gasteiger charge is -2.31. The Balaban J connectivity index is 2.11. The van der Waals surface area contributed by atoms with Crippen LogP contribution in [0.3, 0.4) is 0 Å². The van der Waals surface area contributed by atoms with Gasteiger partial charge >= 0.3 is 0 Å². The van der Waals surface area contributed by atoms with Gasteiger partial charge in [0.15, 0.2) is 5.78 Å². The molecule has 0 saturated carbocycles. The van der Waals surface area contributed by atoms with Gasteiger partial charge in [-0.15, -0.1) is 0 Å². The van der Waals surface area contributed by atoms with E-state index < -0.39 is 0 Å². The fraction of sp³-hybridized carbons (Fsp3) is 0.500. The summed E-state index contributed by atoms with van der Waals surface area (Å²) in [5.74, 6) is 2.20. The summed E-state index contributed by atoms with van der Waals surface area (Å²) >= 11 is 2.00. The minimum Gasteiger partial charge on any atom is -0.355 e. The van der Waals surface area contributed by atoms with Gasteiger partial charge in [0.2, 0.25) is 0 Å². The molecule has 0 aromatic carbocycles. The average molecular weight is 236 g/mol. The van der Waals surface area contributed by atoms with Gasteiger partial charge in [-0.25, -0.2) is 4.98 Å². The van der Waals surface area contributed by atoms with E-state index in [4.69, 9.17) is 0 Å². The zero-order valence-corrected chi connectivity index (χ0v) is 10.5. The summed E-state index contributed by atoms with van der Waals surface area (Å²) in [5, 5.41) is 0.656. The first-order valence-electron chi connectivity index (χ1n) is 5.50. The molecule has 1 fully saturated rings. The maximum atomic E-state index is 11.1. The SMILES string of the molecule is CC(=O)c1ccc(N2CCSC(C)C2)nc1. The Hall–Kier alpha value is -1.03. The molecule has 86 valence electrons. The van der Waals surface area contributed by atoms with Gasteiger partial charge in [-0.3, -0.25) is 4.79 Å². The van der Waals surface area contributed by atoms with E-state index in [2.05, 4.69) is 16.8 Å². The number of nitrogens with zero attached hydrogens (tertiary/aromatic N) is 2. The predicted octanol–water partition coefficient (Wildman–Crippen LogP) is 2.23. The molecule has 0 amide bonds. The molecule has 2 heterocycles. The van der Waals surface area contributed by atoms with Gasteiger partial charge in [0.1, 0.15) is 5.82 Å². The van der Waals surface area contributed by atoms with Crippen molar-refractivity contribution in [1.82, 2.24) is 4.98 Å². The molecule has 0 radical (unpaired) electrons. The van der Waals surface area contributed by atoms with Gasteiger partial charge in [-0.05, 0) is 19.1 Å². The molecule has 0 N–H and O–H groups in total. The maximum Gasteiger partial charge on any atom is 0.161 e. The quantitative estimate of drug-likeness (QED) is 0.737. The van der Waals surface area contributed by atoms with E-state index in [0.29, 0.717) is 10.8 Å². The summed E-state index contributed by atoms with van der Waals surface area (Å²) in [5.41, 5.74) is 0.684. The van der Waals surface area contributed by atoms with Crippen molar-refractivity contribution in [2.45, 2.75) is 19.1 Å². The minimum absolute atomic E-state index is 0.0709. The molecule has 1 saturated heterocycles. The highest BCUT2D eigenvalue weighted by Crippen LogP contribution is 2.22. The monoisotopic (exact) mass is 236 g/mol. The number of carbonyl (C=O) groups is 1. The van der Waals surface area contributed by atoms with Gasteiger partial charge in [0.25, 0.3) is 0 Å². The third-order valence-electron chi connectivity index (χ3n) is 2.72. The van der Waals surface area contributed by atoms with Crippen LogP contribution in [0, 0.1) is 0 Å². The van der Waals surface area contributed by atoms with Crippen LogP contribution in [0.4, 0.5) is 5.82 Å². The number of aromatic nitrogens is 1. The number of thioether (sulfide) groups is 1. The van der Waals surface area contributed by atoms with Crippen LogP contribution < -0.4 is 4.90 Å². The van der Waals surface area contributed by atoms with Crippen LogP contribution in [0.15, 0.2) is 18.3 Å². The van der Waals surface area contributed by atoms with E-state index in [9.17, 15) is 4.79 Å². The van der Waals surface area contributed by atoms with Crippen molar-refractivity contribution >= 4 is 23.4 Å². The van der Waals surface area contributed by atoms with Gasteiger partial charge in [-0.1, -0.05) is 6.92 Å². The van der Waals surface area contributed by atoms with Crippen molar-refractivity contribution in [1.29, 1.82) is 0 Å². The number of hydrogen-bond acceptors (Lipinski definition) is 4. The zero-order chi connectivity index (χ0) is 11.5. The Kier molecular flexibility index (Phi) is 3.49. The molecule has 0 bridgehead atoms. The summed E-state index contributed by atoms with van der Waals surface area (Å²) in [6.07, 6.45) is 1.67. The first-order valence-corrected chi connectivity index (χ1v) is 6.55. The third-order valence-corrected chi connectivity index (χ3v) is 3.86. The molecule has 1 aromatic heterocycles. The molecule has 1 aliphatic heterocycles. The number of pyridine rings is 1. The van der Waals surface area contributed by atoms with Crippen molar-refractivity contribution in [3.63, 3.8) is 0 Å². The molecule has 0 spiro atoms. The number of hydrogen-bond donors (Lipinski definition) is 0. The first-order chi connectivity index (χ1) is 7.66. The zero-order valence-electron chi connectivity index (χ0n) is 9.64. The smallest absolute Gasteiger partial charge is 0.161 e. The van der Waals surface area contributed by atoms with E-state index in [1.54, 1.807) is 13.1 Å². The second kappa shape index (κ2) is 4.87. The van der Waals surface area contributed by atoms with Crippen LogP contribution in [-0.2, 0) is 0 Å². The molecular weight excluding hydrogens is 220 g/mol. The second-order valence-electron chi connectivity index (χ2n) is 4.09. The normalized spacial score (nSPS) is 20.9. The van der Waals surface area contributed by atoms with Crippen molar-refractivity contribution in [2.24, 2.45) is 0 Å². The van der Waals surface area contributed by atoms with Gasteiger partial charge < -0.3 is 4.90 Å². The van der Waals surface area contributed by atoms with Crippen LogP contribution in [0.25, 0.3) is 0 Å². The molecule has 2 rings (SSSR count). The van der Waals surface area contributed by atoms with Crippen LogP contribution in [0.1, 0.15) is 24.2 Å². The predicted molar refractivity (Wildman–Crippen MR) is 68.4 cm³/mol. The lowest BCUT2D eigenvalue weighted by Crippen LogP contribution is -2.37. The molecule has 1 atom stereocenters. The van der Waals surface area contributed by atoms with E-state index in [1.807, 2.05) is 23.9 Å².